The summed E-state index contributed by atoms with van der Waals surface area (Å²) in [5.41, 5.74) is -3.97. The van der Waals surface area contributed by atoms with Gasteiger partial charge in [0, 0.05) is 0 Å². The van der Waals surface area contributed by atoms with Crippen LogP contribution in [0.4, 0.5) is 32.2 Å². The van der Waals surface area contributed by atoms with Crippen molar-refractivity contribution in [3.05, 3.63) is 23.3 Å². The highest BCUT2D eigenvalue weighted by molar-refractivity contribution is 5.93. The number of nitrogens with one attached hydrogen (secondary N) is 1. The van der Waals surface area contributed by atoms with Crippen LogP contribution in [0.25, 0.3) is 11.0 Å². The third-order valence-electron chi connectivity index (χ3n) is 3.50. The maximum absolute atomic E-state index is 13.1. The zero-order valence-corrected chi connectivity index (χ0v) is 13.6. The molecule has 1 aromatic heterocycles. The van der Waals surface area contributed by atoms with Crippen molar-refractivity contribution in [2.75, 3.05) is 11.9 Å². The molecular weight excluding hydrogens is 370 g/mol. The first-order chi connectivity index (χ1) is 12.0. The Kier molecular flexibility index (Phi) is 5.38. The Morgan fingerprint density at radius 3 is 2.35 bits per heavy atom. The molecule has 0 fully saturated rings. The maximum atomic E-state index is 13.1. The highest BCUT2D eigenvalue weighted by atomic mass is 19.4. The second-order valence-corrected chi connectivity index (χ2v) is 5.28. The highest BCUT2D eigenvalue weighted by Gasteiger charge is 2.40. The van der Waals surface area contributed by atoms with Crippen molar-refractivity contribution in [3.8, 4) is 0 Å². The Bertz CT molecular complexity index is 797. The van der Waals surface area contributed by atoms with Crippen molar-refractivity contribution in [2.24, 2.45) is 0 Å². The van der Waals surface area contributed by atoms with Gasteiger partial charge in [0.25, 0.3) is 0 Å². The molecule has 2 rings (SSSR count). The summed E-state index contributed by atoms with van der Waals surface area (Å²) < 4.78 is 87.6. The average Bonchev–Trinajstić information content (AvgIpc) is 2.92. The molecular formula is C15H14F6N2O3. The number of alkyl halides is 6. The van der Waals surface area contributed by atoms with Crippen molar-refractivity contribution in [1.82, 2.24) is 5.16 Å². The van der Waals surface area contributed by atoms with E-state index in [1.54, 1.807) is 13.8 Å². The first kappa shape index (κ1) is 19.9. The Morgan fingerprint density at radius 2 is 1.85 bits per heavy atom. The van der Waals surface area contributed by atoms with E-state index < -0.39 is 52.3 Å². The van der Waals surface area contributed by atoms with Gasteiger partial charge in [-0.05, 0) is 25.5 Å². The van der Waals surface area contributed by atoms with Crippen molar-refractivity contribution >= 4 is 22.8 Å². The Balaban J connectivity index is 2.57. The van der Waals surface area contributed by atoms with E-state index >= 15 is 0 Å². The lowest BCUT2D eigenvalue weighted by Gasteiger charge is -2.15. The van der Waals surface area contributed by atoms with Gasteiger partial charge in [-0.1, -0.05) is 12.1 Å². The number of hydrogen-bond acceptors (Lipinski definition) is 5. The van der Waals surface area contributed by atoms with E-state index in [0.717, 1.165) is 0 Å². The van der Waals surface area contributed by atoms with Gasteiger partial charge in [0.2, 0.25) is 0 Å². The molecule has 0 amide bonds. The standard InChI is InChI=1S/C15H14F6N2O3/c1-3-10(13(24)25-4-2)22-12-8-5-7(14(16,17)18)6-9(15(19,20)21)11(8)26-23-12/h5-6,10H,3-4H2,1-2H3,(H,22,23). The fourth-order valence-corrected chi connectivity index (χ4v) is 2.26. The zero-order valence-electron chi connectivity index (χ0n) is 13.6. The Morgan fingerprint density at radius 1 is 1.19 bits per heavy atom. The minimum atomic E-state index is -5.08. The number of anilines is 1. The monoisotopic (exact) mass is 384 g/mol. The fraction of sp³-hybridized carbons (Fsp3) is 0.467. The molecule has 0 aliphatic rings. The predicted molar refractivity (Wildman–Crippen MR) is 78.3 cm³/mol. The normalized spacial score (nSPS) is 13.7. The first-order valence-electron chi connectivity index (χ1n) is 7.50. The summed E-state index contributed by atoms with van der Waals surface area (Å²) in [5, 5.41) is 5.31. The summed E-state index contributed by atoms with van der Waals surface area (Å²) in [5.74, 6) is -1.12. The molecule has 0 saturated carbocycles. The number of rotatable bonds is 5. The number of carbonyl (C=O) groups excluding carboxylic acids is 1. The number of carbonyl (C=O) groups is 1. The van der Waals surface area contributed by atoms with Crippen LogP contribution >= 0.6 is 0 Å². The minimum absolute atomic E-state index is 0.0417. The molecule has 0 aliphatic carbocycles. The van der Waals surface area contributed by atoms with E-state index in [-0.39, 0.29) is 19.1 Å². The molecule has 144 valence electrons. The van der Waals surface area contributed by atoms with Gasteiger partial charge in [-0.25, -0.2) is 4.79 Å². The van der Waals surface area contributed by atoms with E-state index in [9.17, 15) is 31.1 Å². The lowest BCUT2D eigenvalue weighted by atomic mass is 10.1. The molecule has 0 radical (unpaired) electrons. The largest absolute Gasteiger partial charge is 0.464 e. The fourth-order valence-electron chi connectivity index (χ4n) is 2.26. The molecule has 1 heterocycles. The van der Waals surface area contributed by atoms with Gasteiger partial charge >= 0.3 is 18.3 Å². The van der Waals surface area contributed by atoms with Crippen LogP contribution in [0, 0.1) is 0 Å². The van der Waals surface area contributed by atoms with Gasteiger partial charge in [0.1, 0.15) is 11.6 Å². The van der Waals surface area contributed by atoms with Crippen LogP contribution < -0.4 is 5.32 Å². The number of hydrogen-bond donors (Lipinski definition) is 1. The molecule has 1 atom stereocenters. The minimum Gasteiger partial charge on any atom is -0.464 e. The maximum Gasteiger partial charge on any atom is 0.420 e. The van der Waals surface area contributed by atoms with E-state index in [4.69, 9.17) is 4.74 Å². The van der Waals surface area contributed by atoms with Crippen LogP contribution in [-0.2, 0) is 21.9 Å². The molecule has 0 spiro atoms. The van der Waals surface area contributed by atoms with Crippen molar-refractivity contribution in [3.63, 3.8) is 0 Å². The van der Waals surface area contributed by atoms with E-state index in [2.05, 4.69) is 15.0 Å². The lowest BCUT2D eigenvalue weighted by Crippen LogP contribution is -2.30. The third kappa shape index (κ3) is 4.02. The third-order valence-corrected chi connectivity index (χ3v) is 3.50. The molecule has 11 heteroatoms. The Hall–Kier alpha value is -2.46. The van der Waals surface area contributed by atoms with Crippen LogP contribution in [0.1, 0.15) is 31.4 Å². The number of benzene rings is 1. The van der Waals surface area contributed by atoms with Crippen molar-refractivity contribution in [2.45, 2.75) is 38.7 Å². The molecule has 1 unspecified atom stereocenters. The summed E-state index contributed by atoms with van der Waals surface area (Å²) in [7, 11) is 0. The lowest BCUT2D eigenvalue weighted by molar-refractivity contribution is -0.144. The van der Waals surface area contributed by atoms with Crippen LogP contribution in [0.3, 0.4) is 0 Å². The Labute approximate surface area is 143 Å². The summed E-state index contributed by atoms with van der Waals surface area (Å²) >= 11 is 0. The molecule has 1 N–H and O–H groups in total. The van der Waals surface area contributed by atoms with Crippen molar-refractivity contribution < 1.29 is 40.4 Å². The molecule has 26 heavy (non-hydrogen) atoms. The molecule has 0 bridgehead atoms. The van der Waals surface area contributed by atoms with E-state index in [1.807, 2.05) is 0 Å². The molecule has 0 aliphatic heterocycles. The van der Waals surface area contributed by atoms with Gasteiger partial charge in [0.15, 0.2) is 11.4 Å². The summed E-state index contributed by atoms with van der Waals surface area (Å²) in [6, 6.07) is -0.562. The second-order valence-electron chi connectivity index (χ2n) is 5.28. The van der Waals surface area contributed by atoms with E-state index in [1.165, 1.54) is 0 Å². The van der Waals surface area contributed by atoms with Gasteiger partial charge in [-0.3, -0.25) is 0 Å². The van der Waals surface area contributed by atoms with Crippen molar-refractivity contribution in [1.29, 1.82) is 0 Å². The van der Waals surface area contributed by atoms with E-state index in [0.29, 0.717) is 6.07 Å². The quantitative estimate of drug-likeness (QED) is 0.602. The van der Waals surface area contributed by atoms with Crippen LogP contribution in [0.5, 0.6) is 0 Å². The molecule has 1 aromatic carbocycles. The molecule has 2 aromatic rings. The van der Waals surface area contributed by atoms with Gasteiger partial charge < -0.3 is 14.6 Å². The number of nitrogens with zero attached hydrogens (tertiary/aromatic N) is 1. The average molecular weight is 384 g/mol. The van der Waals surface area contributed by atoms with Gasteiger partial charge in [-0.15, -0.1) is 0 Å². The number of ether oxygens (including phenoxy) is 1. The number of esters is 1. The first-order valence-corrected chi connectivity index (χ1v) is 7.50. The highest BCUT2D eigenvalue weighted by Crippen LogP contribution is 2.41. The number of halogens is 6. The molecule has 5 nitrogen and oxygen atoms in total. The van der Waals surface area contributed by atoms with Crippen LogP contribution in [0.2, 0.25) is 0 Å². The van der Waals surface area contributed by atoms with Gasteiger partial charge in [-0.2, -0.15) is 26.3 Å². The summed E-state index contributed by atoms with van der Waals surface area (Å²) in [4.78, 5) is 11.8. The second kappa shape index (κ2) is 7.04. The molecule has 0 saturated heterocycles. The smallest absolute Gasteiger partial charge is 0.420 e. The number of fused-ring (bicyclic) bond motifs is 1. The van der Waals surface area contributed by atoms with Gasteiger partial charge in [0.05, 0.1) is 17.6 Å². The SMILES string of the molecule is CCOC(=O)C(CC)Nc1noc2c(C(F)(F)F)cc(C(F)(F)F)cc12. The summed E-state index contributed by atoms with van der Waals surface area (Å²) in [6.07, 6.45) is -9.92. The zero-order chi connectivity index (χ0) is 19.7. The summed E-state index contributed by atoms with van der Waals surface area (Å²) in [6.45, 7) is 3.20. The number of aromatic nitrogens is 1. The predicted octanol–water partition coefficient (Wildman–Crippen LogP) is 4.62. The van der Waals surface area contributed by atoms with Crippen LogP contribution in [0.15, 0.2) is 16.7 Å². The topological polar surface area (TPSA) is 64.4 Å². The van der Waals surface area contributed by atoms with Crippen LogP contribution in [-0.4, -0.2) is 23.8 Å².